The first-order chi connectivity index (χ1) is 18.4. The Bertz CT molecular complexity index is 1440. The van der Waals surface area contributed by atoms with Crippen LogP contribution in [-0.4, -0.2) is 53.1 Å². The molecule has 11 heteroatoms. The minimum atomic E-state index is -1.07. The maximum atomic E-state index is 14.8. The van der Waals surface area contributed by atoms with E-state index in [1.54, 1.807) is 28.9 Å². The van der Waals surface area contributed by atoms with Crippen molar-refractivity contribution in [2.45, 2.75) is 26.3 Å². The van der Waals surface area contributed by atoms with Gasteiger partial charge in [0.25, 0.3) is 5.91 Å². The predicted molar refractivity (Wildman–Crippen MR) is 143 cm³/mol. The number of amides is 1. The van der Waals surface area contributed by atoms with Crippen molar-refractivity contribution in [3.05, 3.63) is 71.7 Å². The van der Waals surface area contributed by atoms with Crippen molar-refractivity contribution in [1.29, 1.82) is 0 Å². The van der Waals surface area contributed by atoms with Crippen molar-refractivity contribution in [3.63, 3.8) is 0 Å². The largest absolute Gasteiger partial charge is 0.494 e. The van der Waals surface area contributed by atoms with E-state index in [-0.39, 0.29) is 23.3 Å². The van der Waals surface area contributed by atoms with E-state index in [0.29, 0.717) is 54.5 Å². The van der Waals surface area contributed by atoms with Gasteiger partial charge in [-0.15, -0.1) is 0 Å². The first kappa shape index (κ1) is 27.0. The van der Waals surface area contributed by atoms with Crippen LogP contribution in [0.5, 0.6) is 5.75 Å². The van der Waals surface area contributed by atoms with Gasteiger partial charge in [-0.3, -0.25) is 9.20 Å². The lowest BCUT2D eigenvalue weighted by Gasteiger charge is -2.17. The van der Waals surface area contributed by atoms with Crippen molar-refractivity contribution in [1.82, 2.24) is 25.0 Å². The number of benzene rings is 2. The summed E-state index contributed by atoms with van der Waals surface area (Å²) in [6, 6.07) is 8.20. The number of hydrogen-bond donors (Lipinski definition) is 4. The van der Waals surface area contributed by atoms with E-state index in [1.165, 1.54) is 25.4 Å². The van der Waals surface area contributed by atoms with Gasteiger partial charge >= 0.3 is 0 Å². The molecule has 0 aliphatic rings. The number of nitrogens with zero attached hydrogens (tertiary/aromatic N) is 3. The summed E-state index contributed by atoms with van der Waals surface area (Å²) in [6.07, 6.45) is 5.27. The highest BCUT2D eigenvalue weighted by Crippen LogP contribution is 2.31. The Labute approximate surface area is 219 Å². The van der Waals surface area contributed by atoms with Crippen molar-refractivity contribution in [2.24, 2.45) is 5.73 Å². The molecule has 0 aliphatic carbocycles. The molecule has 5 N–H and O–H groups in total. The number of nitrogens with one attached hydrogen (secondary N) is 3. The van der Waals surface area contributed by atoms with Crippen LogP contribution < -0.4 is 26.4 Å². The molecule has 1 amide bonds. The molecule has 0 saturated heterocycles. The van der Waals surface area contributed by atoms with E-state index in [4.69, 9.17) is 10.5 Å². The van der Waals surface area contributed by atoms with Crippen LogP contribution in [0.15, 0.2) is 48.9 Å². The number of carbonyl (C=O) groups is 1. The molecule has 1 unspecified atom stereocenters. The van der Waals surface area contributed by atoms with Crippen LogP contribution in [0.25, 0.3) is 16.9 Å². The second-order valence-electron chi connectivity index (χ2n) is 8.77. The molecule has 9 nitrogen and oxygen atoms in total. The Morgan fingerprint density at radius 1 is 1.18 bits per heavy atom. The molecule has 38 heavy (non-hydrogen) atoms. The fourth-order valence-corrected chi connectivity index (χ4v) is 4.19. The Kier molecular flexibility index (Phi) is 8.49. The van der Waals surface area contributed by atoms with Crippen LogP contribution in [0.1, 0.15) is 29.8 Å². The number of hydrogen-bond acceptors (Lipinski definition) is 7. The van der Waals surface area contributed by atoms with E-state index < -0.39 is 11.6 Å². The SMILES string of the molecule is CCc1cc(Nc2nccn3c(-c4ccc(OC)c(F)c4F)cnc23)ccc1C(=O)NC(C)CNCCN. The van der Waals surface area contributed by atoms with Gasteiger partial charge in [0.2, 0.25) is 5.82 Å². The fourth-order valence-electron chi connectivity index (χ4n) is 4.19. The van der Waals surface area contributed by atoms with Gasteiger partial charge < -0.3 is 26.4 Å². The molecule has 200 valence electrons. The van der Waals surface area contributed by atoms with Crippen molar-refractivity contribution >= 4 is 23.1 Å². The maximum Gasteiger partial charge on any atom is 0.251 e. The first-order valence-corrected chi connectivity index (χ1v) is 12.3. The Hall–Kier alpha value is -4.09. The number of carbonyl (C=O) groups excluding carboxylic acids is 1. The average Bonchev–Trinajstić information content (AvgIpc) is 3.35. The van der Waals surface area contributed by atoms with Crippen LogP contribution in [0.3, 0.4) is 0 Å². The highest BCUT2D eigenvalue weighted by atomic mass is 19.2. The number of halogens is 2. The third-order valence-corrected chi connectivity index (χ3v) is 6.11. The molecule has 0 bridgehead atoms. The Morgan fingerprint density at radius 3 is 2.74 bits per heavy atom. The highest BCUT2D eigenvalue weighted by molar-refractivity contribution is 5.96. The summed E-state index contributed by atoms with van der Waals surface area (Å²) in [6.45, 7) is 5.75. The molecular weight excluding hydrogens is 492 g/mol. The lowest BCUT2D eigenvalue weighted by atomic mass is 10.0. The Morgan fingerprint density at radius 2 is 2.00 bits per heavy atom. The van der Waals surface area contributed by atoms with Crippen LogP contribution >= 0.6 is 0 Å². The second-order valence-corrected chi connectivity index (χ2v) is 8.77. The monoisotopic (exact) mass is 523 g/mol. The lowest BCUT2D eigenvalue weighted by Crippen LogP contribution is -2.41. The topological polar surface area (TPSA) is 119 Å². The quantitative estimate of drug-likeness (QED) is 0.222. The smallest absolute Gasteiger partial charge is 0.251 e. The molecule has 0 fully saturated rings. The van der Waals surface area contributed by atoms with Gasteiger partial charge in [0.1, 0.15) is 0 Å². The molecule has 1 atom stereocenters. The molecule has 2 aromatic heterocycles. The molecule has 2 heterocycles. The zero-order valence-electron chi connectivity index (χ0n) is 21.5. The maximum absolute atomic E-state index is 14.8. The number of fused-ring (bicyclic) bond motifs is 1. The van der Waals surface area contributed by atoms with Crippen LogP contribution in [0.2, 0.25) is 0 Å². The summed E-state index contributed by atoms with van der Waals surface area (Å²) in [5, 5.41) is 9.42. The van der Waals surface area contributed by atoms with Crippen LogP contribution in [0.4, 0.5) is 20.3 Å². The van der Waals surface area contributed by atoms with Gasteiger partial charge in [0.15, 0.2) is 23.0 Å². The van der Waals surface area contributed by atoms with Gasteiger partial charge in [0.05, 0.1) is 19.0 Å². The van der Waals surface area contributed by atoms with E-state index in [2.05, 4.69) is 25.9 Å². The zero-order chi connectivity index (χ0) is 27.2. The average molecular weight is 524 g/mol. The van der Waals surface area contributed by atoms with Crippen molar-refractivity contribution in [3.8, 4) is 17.0 Å². The number of aromatic nitrogens is 3. The van der Waals surface area contributed by atoms with E-state index in [9.17, 15) is 13.6 Å². The molecule has 0 radical (unpaired) electrons. The predicted octanol–water partition coefficient (Wildman–Crippen LogP) is 3.66. The summed E-state index contributed by atoms with van der Waals surface area (Å²) in [7, 11) is 1.28. The highest BCUT2D eigenvalue weighted by Gasteiger charge is 2.19. The number of methoxy groups -OCH3 is 1. The van der Waals surface area contributed by atoms with E-state index in [1.807, 2.05) is 19.9 Å². The summed E-state index contributed by atoms with van der Waals surface area (Å²) >= 11 is 0. The van der Waals surface area contributed by atoms with Gasteiger partial charge in [-0.2, -0.15) is 4.39 Å². The number of anilines is 2. The molecule has 4 rings (SSSR count). The number of imidazole rings is 1. The number of ether oxygens (including phenoxy) is 1. The number of aryl methyl sites for hydroxylation is 1. The molecule has 0 spiro atoms. The van der Waals surface area contributed by atoms with E-state index in [0.717, 1.165) is 5.56 Å². The summed E-state index contributed by atoms with van der Waals surface area (Å²) in [5.74, 6) is -1.99. The molecular formula is C27H31F2N7O2. The summed E-state index contributed by atoms with van der Waals surface area (Å²) in [4.78, 5) is 21.6. The van der Waals surface area contributed by atoms with Gasteiger partial charge in [-0.05, 0) is 49.2 Å². The van der Waals surface area contributed by atoms with Crippen LogP contribution in [0, 0.1) is 11.6 Å². The summed E-state index contributed by atoms with van der Waals surface area (Å²) < 4.78 is 35.6. The summed E-state index contributed by atoms with van der Waals surface area (Å²) in [5.41, 5.74) is 8.50. The van der Waals surface area contributed by atoms with Crippen molar-refractivity contribution < 1.29 is 18.3 Å². The second kappa shape index (κ2) is 12.0. The molecule has 2 aromatic carbocycles. The lowest BCUT2D eigenvalue weighted by molar-refractivity contribution is 0.0939. The third kappa shape index (κ3) is 5.58. The number of rotatable bonds is 11. The normalized spacial score (nSPS) is 11.9. The standard InChI is InChI=1S/C27H31F2N7O2/c1-4-17-13-18(5-6-19(17)27(37)34-16(2)14-31-10-9-30)35-25-26-33-15-21(36(26)12-11-32-25)20-7-8-22(38-3)24(29)23(20)28/h5-8,11-13,15-16,31H,4,9-10,14,30H2,1-3H3,(H,32,35)(H,34,37). The van der Waals surface area contributed by atoms with Crippen LogP contribution in [-0.2, 0) is 6.42 Å². The van der Waals surface area contributed by atoms with Crippen molar-refractivity contribution in [2.75, 3.05) is 32.1 Å². The van der Waals surface area contributed by atoms with Gasteiger partial charge in [-0.25, -0.2) is 14.4 Å². The fraction of sp³-hybridized carbons (Fsp3) is 0.296. The molecule has 4 aromatic rings. The van der Waals surface area contributed by atoms with Gasteiger partial charge in [-0.1, -0.05) is 6.92 Å². The number of nitrogens with two attached hydrogens (primary N) is 1. The Balaban J connectivity index is 1.58. The minimum Gasteiger partial charge on any atom is -0.494 e. The zero-order valence-corrected chi connectivity index (χ0v) is 21.5. The molecule has 0 aliphatic heterocycles. The van der Waals surface area contributed by atoms with Gasteiger partial charge in [0, 0.05) is 54.9 Å². The minimum absolute atomic E-state index is 0.0454. The third-order valence-electron chi connectivity index (χ3n) is 6.11. The molecule has 0 saturated carbocycles. The van der Waals surface area contributed by atoms with E-state index >= 15 is 0 Å². The first-order valence-electron chi connectivity index (χ1n) is 12.3.